The number of amides is 1. The van der Waals surface area contributed by atoms with Crippen molar-refractivity contribution in [2.75, 3.05) is 20.5 Å². The van der Waals surface area contributed by atoms with Crippen molar-refractivity contribution in [3.63, 3.8) is 0 Å². The Morgan fingerprint density at radius 1 is 1.19 bits per heavy atom. The molecule has 1 heterocycles. The van der Waals surface area contributed by atoms with Crippen molar-refractivity contribution in [2.24, 2.45) is 10.4 Å². The van der Waals surface area contributed by atoms with Crippen LogP contribution in [-0.4, -0.2) is 47.8 Å². The van der Waals surface area contributed by atoms with Gasteiger partial charge in [-0.1, -0.05) is 21.6 Å². The van der Waals surface area contributed by atoms with E-state index in [4.69, 9.17) is 18.8 Å². The highest BCUT2D eigenvalue weighted by Gasteiger charge is 2.35. The maximum Gasteiger partial charge on any atom is 0.339 e. The Morgan fingerprint density at radius 2 is 1.93 bits per heavy atom. The summed E-state index contributed by atoms with van der Waals surface area (Å²) in [6, 6.07) is 6.64. The molecule has 0 saturated carbocycles. The van der Waals surface area contributed by atoms with Crippen LogP contribution >= 0.6 is 10.3 Å². The Labute approximate surface area is 156 Å². The first-order valence-corrected chi connectivity index (χ1v) is 9.34. The first kappa shape index (κ1) is 20.2. The second-order valence-electron chi connectivity index (χ2n) is 4.93. The summed E-state index contributed by atoms with van der Waals surface area (Å²) in [6.45, 7) is 1.65. The number of carbonyl (C=O) groups excluding carboxylic acids is 2. The molecule has 1 aromatic heterocycles. The number of aryl methyl sites for hydroxylation is 1. The molecule has 1 aromatic carbocycles. The number of hydrogen-bond donors (Lipinski definition) is 0. The lowest BCUT2D eigenvalue weighted by atomic mass is 10.2. The highest BCUT2D eigenvalue weighted by molar-refractivity contribution is 8.29. The molecule has 0 aliphatic rings. The average Bonchev–Trinajstić information content (AvgIpc) is 2.69. The van der Waals surface area contributed by atoms with Crippen LogP contribution in [0.5, 0.6) is 6.01 Å². The van der Waals surface area contributed by atoms with Crippen molar-refractivity contribution in [3.05, 3.63) is 35.7 Å². The zero-order chi connectivity index (χ0) is 19.9. The highest BCUT2D eigenvalue weighted by Crippen LogP contribution is 2.60. The van der Waals surface area contributed by atoms with Gasteiger partial charge in [0.15, 0.2) is 0 Å². The molecule has 0 N–H and O–H groups in total. The van der Waals surface area contributed by atoms with Gasteiger partial charge in [-0.2, -0.15) is 15.0 Å². The van der Waals surface area contributed by atoms with Crippen LogP contribution in [0, 0.1) is 6.92 Å². The average molecular weight is 395 g/mol. The van der Waals surface area contributed by atoms with Crippen molar-refractivity contribution in [3.8, 4) is 6.01 Å². The van der Waals surface area contributed by atoms with E-state index in [1.807, 2.05) is 0 Å². The van der Waals surface area contributed by atoms with Crippen molar-refractivity contribution in [1.82, 2.24) is 15.0 Å². The van der Waals surface area contributed by atoms with Crippen LogP contribution in [-0.2, 0) is 18.9 Å². The lowest BCUT2D eigenvalue weighted by Gasteiger charge is -2.31. The predicted octanol–water partition coefficient (Wildman–Crippen LogP) is 2.21. The highest BCUT2D eigenvalue weighted by atomic mass is 32.3. The molecule has 1 amide bonds. The smallest absolute Gasteiger partial charge is 0.339 e. The van der Waals surface area contributed by atoms with Gasteiger partial charge in [0.2, 0.25) is 5.16 Å². The third-order valence-corrected chi connectivity index (χ3v) is 5.65. The van der Waals surface area contributed by atoms with Crippen LogP contribution in [0.2, 0.25) is 0 Å². The van der Waals surface area contributed by atoms with Crippen molar-refractivity contribution < 1.29 is 28.4 Å². The molecule has 0 aliphatic carbocycles. The van der Waals surface area contributed by atoms with Crippen LogP contribution in [0.1, 0.15) is 16.2 Å². The molecule has 0 spiro atoms. The topological polar surface area (TPSA) is 134 Å². The molecular weight excluding hydrogens is 378 g/mol. The first-order chi connectivity index (χ1) is 13.0. The zero-order valence-electron chi connectivity index (χ0n) is 15.0. The molecule has 1 atom stereocenters. The van der Waals surface area contributed by atoms with E-state index in [1.165, 1.54) is 14.2 Å². The van der Waals surface area contributed by atoms with Crippen LogP contribution in [0.3, 0.4) is 0 Å². The number of nitrogens with zero attached hydrogens (tertiary/aromatic N) is 5. The van der Waals surface area contributed by atoms with Crippen LogP contribution in [0.25, 0.3) is 0 Å². The van der Waals surface area contributed by atoms with Crippen molar-refractivity contribution >= 4 is 22.7 Å². The van der Waals surface area contributed by atoms with E-state index in [0.717, 1.165) is 0 Å². The number of hydrogen-bond acceptors (Lipinski definition) is 10. The Morgan fingerprint density at radius 3 is 2.59 bits per heavy atom. The summed E-state index contributed by atoms with van der Waals surface area (Å²) >= 11 is 0. The quantitative estimate of drug-likeness (QED) is 0.217. The molecule has 12 heteroatoms. The summed E-state index contributed by atoms with van der Waals surface area (Å²) in [7, 11) is 0.0148. The summed E-state index contributed by atoms with van der Waals surface area (Å²) < 4.78 is 15.4. The normalized spacial score (nSPS) is 14.2. The minimum Gasteiger partial charge on any atom is -0.467 e. The second-order valence-corrected chi connectivity index (χ2v) is 7.56. The van der Waals surface area contributed by atoms with Crippen molar-refractivity contribution in [2.45, 2.75) is 17.0 Å². The van der Waals surface area contributed by atoms with Gasteiger partial charge in [-0.25, -0.2) is 9.78 Å². The van der Waals surface area contributed by atoms with Crippen LogP contribution in [0.4, 0.5) is 0 Å². The summed E-state index contributed by atoms with van der Waals surface area (Å²) in [6.07, 6.45) is 1.80. The van der Waals surface area contributed by atoms with E-state index < -0.39 is 16.3 Å². The molecule has 0 saturated heterocycles. The Balaban J connectivity index is 2.64. The fourth-order valence-electron chi connectivity index (χ4n) is 2.06. The minimum absolute atomic E-state index is 0.0601. The fraction of sp³-hybridized carbons (Fsp3) is 0.267. The van der Waals surface area contributed by atoms with Gasteiger partial charge < -0.3 is 9.47 Å². The number of methoxy groups -OCH3 is 2. The van der Waals surface area contributed by atoms with Gasteiger partial charge in [0, 0.05) is 21.5 Å². The van der Waals surface area contributed by atoms with E-state index in [0.29, 0.717) is 10.7 Å². The molecule has 2 rings (SSSR count). The molecule has 144 valence electrons. The van der Waals surface area contributed by atoms with E-state index in [2.05, 4.69) is 25.3 Å². The van der Waals surface area contributed by atoms with Gasteiger partial charge in [0.05, 0.1) is 25.1 Å². The lowest BCUT2D eigenvalue weighted by molar-refractivity contribution is -0.206. The molecule has 11 nitrogen and oxygen atoms in total. The molecule has 0 bridgehead atoms. The number of rotatable bonds is 8. The second kappa shape index (κ2) is 9.00. The van der Waals surface area contributed by atoms with Crippen LogP contribution < -0.4 is 4.74 Å². The standard InChI is InChI=1S/C15H17N5O6S/c1-10-17-14(24-3)19-15(18-10)27(4,26-25-20-16-9-21)12-8-6-5-7-11(12)13(22)23-2/h5-9H,1-4H3. The fourth-order valence-corrected chi connectivity index (χ4v) is 4.01. The summed E-state index contributed by atoms with van der Waals surface area (Å²) in [5.41, 5.74) is 0.227. The third-order valence-electron chi connectivity index (χ3n) is 3.24. The van der Waals surface area contributed by atoms with E-state index in [1.54, 1.807) is 37.4 Å². The zero-order valence-corrected chi connectivity index (χ0v) is 15.8. The number of carbonyl (C=O) groups is 2. The Bertz CT molecular complexity index is 864. The molecular formula is C15H17N5O6S. The molecule has 2 aromatic rings. The van der Waals surface area contributed by atoms with Crippen LogP contribution in [0.15, 0.2) is 44.7 Å². The first-order valence-electron chi connectivity index (χ1n) is 7.37. The molecule has 0 fully saturated rings. The van der Waals surface area contributed by atoms with Gasteiger partial charge in [-0.05, 0) is 19.1 Å². The third kappa shape index (κ3) is 4.54. The summed E-state index contributed by atoms with van der Waals surface area (Å²) in [5.74, 6) is -0.218. The predicted molar refractivity (Wildman–Crippen MR) is 92.0 cm³/mol. The van der Waals surface area contributed by atoms with E-state index in [9.17, 15) is 9.59 Å². The summed E-state index contributed by atoms with van der Waals surface area (Å²) in [4.78, 5) is 40.1. The van der Waals surface area contributed by atoms with E-state index >= 15 is 0 Å². The monoisotopic (exact) mass is 395 g/mol. The Hall–Kier alpha value is -3.12. The molecule has 0 radical (unpaired) electrons. The lowest BCUT2D eigenvalue weighted by Crippen LogP contribution is -2.15. The van der Waals surface area contributed by atoms with Gasteiger partial charge in [0.25, 0.3) is 6.41 Å². The van der Waals surface area contributed by atoms with Gasteiger partial charge in [0.1, 0.15) is 5.82 Å². The van der Waals surface area contributed by atoms with E-state index in [-0.39, 0.29) is 23.1 Å². The minimum atomic E-state index is -2.65. The number of esters is 1. The number of benzene rings is 1. The largest absolute Gasteiger partial charge is 0.467 e. The number of ether oxygens (including phenoxy) is 2. The van der Waals surface area contributed by atoms with Gasteiger partial charge >= 0.3 is 12.0 Å². The van der Waals surface area contributed by atoms with Gasteiger partial charge in [-0.15, -0.1) is 0 Å². The summed E-state index contributed by atoms with van der Waals surface area (Å²) in [5, 5.41) is 6.31. The van der Waals surface area contributed by atoms with Crippen molar-refractivity contribution in [1.29, 1.82) is 0 Å². The molecule has 27 heavy (non-hydrogen) atoms. The number of aromatic nitrogens is 3. The SMILES string of the molecule is COC(=O)c1ccccc1S(C)(OON=NC=O)c1nc(C)nc(OC)n1. The Kier molecular flexibility index (Phi) is 6.73. The molecule has 0 aliphatic heterocycles. The maximum absolute atomic E-state index is 12.2. The molecule has 1 unspecified atom stereocenters. The van der Waals surface area contributed by atoms with Gasteiger partial charge in [-0.3, -0.25) is 4.79 Å². The maximum atomic E-state index is 12.2.